The molecule has 4 aromatic carbocycles. The highest BCUT2D eigenvalue weighted by Crippen LogP contribution is 2.36. The topological polar surface area (TPSA) is 114 Å². The van der Waals surface area contributed by atoms with E-state index in [1.54, 1.807) is 43.3 Å². The number of hydrogen-bond donors (Lipinski definition) is 3. The molecule has 234 valence electrons. The summed E-state index contributed by atoms with van der Waals surface area (Å²) in [4.78, 5) is 29.7. The zero-order valence-electron chi connectivity index (χ0n) is 24.2. The van der Waals surface area contributed by atoms with E-state index >= 15 is 0 Å². The number of amides is 2. The van der Waals surface area contributed by atoms with Gasteiger partial charge in [-0.15, -0.1) is 11.3 Å². The van der Waals surface area contributed by atoms with Crippen molar-refractivity contribution in [3.05, 3.63) is 117 Å². The highest BCUT2D eigenvalue weighted by atomic mass is 35.5. The quantitative estimate of drug-likeness (QED) is 0.0906. The number of anilines is 3. The minimum atomic E-state index is -0.464. The second-order valence-electron chi connectivity index (χ2n) is 9.55. The molecule has 46 heavy (non-hydrogen) atoms. The summed E-state index contributed by atoms with van der Waals surface area (Å²) in [6.07, 6.45) is 1.41. The standard InChI is InChI=1S/C33H26Cl2FN5O4S/c1-2-44-29-16-20(15-27(35)31(29)45-18-30(42)38-25-13-9-24(36)10-14-25)17-37-41-32(43)22-5-3-21(4-6-22)28-19-46-33(40-28)39-26-11-7-23(34)8-12-26/h3-17,19H,2,18H2,1H3,(H,38,42)(H,39,40)(H,41,43)/b37-17-. The van der Waals surface area contributed by atoms with Gasteiger partial charge in [-0.3, -0.25) is 9.59 Å². The monoisotopic (exact) mass is 677 g/mol. The van der Waals surface area contributed by atoms with Gasteiger partial charge in [0.05, 0.1) is 23.5 Å². The molecule has 1 heterocycles. The van der Waals surface area contributed by atoms with E-state index in [9.17, 15) is 14.0 Å². The number of nitrogens with zero attached hydrogens (tertiary/aromatic N) is 2. The number of carbonyl (C=O) groups is 2. The molecule has 0 aliphatic carbocycles. The summed E-state index contributed by atoms with van der Waals surface area (Å²) in [5.74, 6) is -0.817. The van der Waals surface area contributed by atoms with Gasteiger partial charge in [0.2, 0.25) is 0 Å². The van der Waals surface area contributed by atoms with Gasteiger partial charge < -0.3 is 20.1 Å². The molecule has 0 radical (unpaired) electrons. The van der Waals surface area contributed by atoms with Gasteiger partial charge in [-0.2, -0.15) is 5.10 Å². The normalized spacial score (nSPS) is 10.9. The first kappa shape index (κ1) is 32.4. The van der Waals surface area contributed by atoms with E-state index in [2.05, 4.69) is 26.1 Å². The van der Waals surface area contributed by atoms with Crippen LogP contribution in [0.3, 0.4) is 0 Å². The second kappa shape index (κ2) is 15.3. The van der Waals surface area contributed by atoms with E-state index in [1.807, 2.05) is 29.6 Å². The van der Waals surface area contributed by atoms with Crippen LogP contribution in [0.15, 0.2) is 95.4 Å². The lowest BCUT2D eigenvalue weighted by Crippen LogP contribution is -2.20. The molecule has 0 spiro atoms. The van der Waals surface area contributed by atoms with Gasteiger partial charge in [-0.05, 0) is 85.3 Å². The maximum absolute atomic E-state index is 13.1. The average Bonchev–Trinajstić information content (AvgIpc) is 3.51. The third-order valence-corrected chi connectivity index (χ3v) is 7.52. The predicted molar refractivity (Wildman–Crippen MR) is 180 cm³/mol. The maximum atomic E-state index is 13.1. The van der Waals surface area contributed by atoms with Crippen LogP contribution in [0.2, 0.25) is 10.0 Å². The van der Waals surface area contributed by atoms with Crippen LogP contribution in [0.1, 0.15) is 22.8 Å². The van der Waals surface area contributed by atoms with Crippen molar-refractivity contribution in [2.24, 2.45) is 5.10 Å². The van der Waals surface area contributed by atoms with Crippen LogP contribution in [0.5, 0.6) is 11.5 Å². The summed E-state index contributed by atoms with van der Waals surface area (Å²) in [7, 11) is 0. The molecule has 5 rings (SSSR count). The van der Waals surface area contributed by atoms with E-state index in [4.69, 9.17) is 32.7 Å². The zero-order valence-corrected chi connectivity index (χ0v) is 26.5. The van der Waals surface area contributed by atoms with E-state index in [-0.39, 0.29) is 17.4 Å². The molecule has 0 atom stereocenters. The molecule has 3 N–H and O–H groups in total. The van der Waals surface area contributed by atoms with Gasteiger partial charge in [-0.1, -0.05) is 35.3 Å². The SMILES string of the molecule is CCOc1cc(/C=N\NC(=O)c2ccc(-c3csc(Nc4ccc(Cl)cc4)n3)cc2)cc(Cl)c1OCC(=O)Nc1ccc(F)cc1. The van der Waals surface area contributed by atoms with Crippen molar-refractivity contribution in [2.75, 3.05) is 23.8 Å². The molecule has 0 aliphatic rings. The fourth-order valence-electron chi connectivity index (χ4n) is 4.08. The van der Waals surface area contributed by atoms with Gasteiger partial charge >= 0.3 is 0 Å². The first-order chi connectivity index (χ1) is 22.3. The highest BCUT2D eigenvalue weighted by molar-refractivity contribution is 7.14. The molecule has 13 heteroatoms. The molecule has 2 amide bonds. The first-order valence-corrected chi connectivity index (χ1v) is 15.5. The van der Waals surface area contributed by atoms with Crippen LogP contribution < -0.4 is 25.5 Å². The van der Waals surface area contributed by atoms with Gasteiger partial charge in [-0.25, -0.2) is 14.8 Å². The largest absolute Gasteiger partial charge is 0.490 e. The van der Waals surface area contributed by atoms with Gasteiger partial charge in [0.25, 0.3) is 11.8 Å². The Morgan fingerprint density at radius 2 is 1.67 bits per heavy atom. The number of rotatable bonds is 12. The molecule has 0 saturated heterocycles. The molecule has 0 unspecified atom stereocenters. The number of hydrogen-bond acceptors (Lipinski definition) is 8. The summed E-state index contributed by atoms with van der Waals surface area (Å²) < 4.78 is 24.4. The molecule has 1 aromatic heterocycles. The second-order valence-corrected chi connectivity index (χ2v) is 11.3. The summed E-state index contributed by atoms with van der Waals surface area (Å²) in [5.41, 5.74) is 6.36. The van der Waals surface area contributed by atoms with Crippen LogP contribution in [-0.4, -0.2) is 36.2 Å². The molecule has 5 aromatic rings. The van der Waals surface area contributed by atoms with Crippen molar-refractivity contribution in [2.45, 2.75) is 6.92 Å². The Balaban J connectivity index is 1.17. The number of nitrogens with one attached hydrogen (secondary N) is 3. The zero-order chi connectivity index (χ0) is 32.5. The molecular formula is C33H26Cl2FN5O4S. The van der Waals surface area contributed by atoms with E-state index in [1.165, 1.54) is 41.8 Å². The lowest BCUT2D eigenvalue weighted by molar-refractivity contribution is -0.118. The fraction of sp³-hybridized carbons (Fsp3) is 0.0909. The van der Waals surface area contributed by atoms with Crippen molar-refractivity contribution in [1.82, 2.24) is 10.4 Å². The average molecular weight is 679 g/mol. The van der Waals surface area contributed by atoms with E-state index in [0.29, 0.717) is 34.2 Å². The number of carbonyl (C=O) groups excluding carboxylic acids is 2. The minimum absolute atomic E-state index is 0.173. The Labute approximate surface area is 278 Å². The van der Waals surface area contributed by atoms with Crippen LogP contribution >= 0.6 is 34.5 Å². The number of benzene rings is 4. The van der Waals surface area contributed by atoms with Crippen molar-refractivity contribution in [3.8, 4) is 22.8 Å². The molecule has 0 aliphatic heterocycles. The van der Waals surface area contributed by atoms with Crippen molar-refractivity contribution >= 4 is 69.1 Å². The predicted octanol–water partition coefficient (Wildman–Crippen LogP) is 8.18. The summed E-state index contributed by atoms with van der Waals surface area (Å²) in [6.45, 7) is 1.74. The van der Waals surface area contributed by atoms with Crippen LogP contribution in [-0.2, 0) is 4.79 Å². The highest BCUT2D eigenvalue weighted by Gasteiger charge is 2.15. The number of thiazole rings is 1. The Kier molecular flexibility index (Phi) is 10.8. The molecule has 9 nitrogen and oxygen atoms in total. The van der Waals surface area contributed by atoms with Crippen molar-refractivity contribution < 1.29 is 23.5 Å². The fourth-order valence-corrected chi connectivity index (χ4v) is 5.22. The van der Waals surface area contributed by atoms with Crippen molar-refractivity contribution in [1.29, 1.82) is 0 Å². The number of ether oxygens (including phenoxy) is 2. The van der Waals surface area contributed by atoms with Gasteiger partial charge in [0.15, 0.2) is 23.2 Å². The van der Waals surface area contributed by atoms with Crippen LogP contribution in [0, 0.1) is 5.82 Å². The van der Waals surface area contributed by atoms with Gasteiger partial charge in [0, 0.05) is 32.9 Å². The molecule has 0 fully saturated rings. The molecular weight excluding hydrogens is 652 g/mol. The maximum Gasteiger partial charge on any atom is 0.271 e. The summed E-state index contributed by atoms with van der Waals surface area (Å²) in [5, 5.41) is 13.4. The number of hydrazone groups is 1. The third-order valence-electron chi connectivity index (χ3n) is 6.23. The number of halogens is 3. The van der Waals surface area contributed by atoms with Crippen LogP contribution in [0.25, 0.3) is 11.3 Å². The minimum Gasteiger partial charge on any atom is -0.490 e. The Morgan fingerprint density at radius 3 is 2.39 bits per heavy atom. The summed E-state index contributed by atoms with van der Waals surface area (Å²) in [6, 6.07) is 22.9. The third kappa shape index (κ3) is 8.81. The van der Waals surface area contributed by atoms with E-state index in [0.717, 1.165) is 22.1 Å². The Bertz CT molecular complexity index is 1850. The van der Waals surface area contributed by atoms with E-state index < -0.39 is 17.6 Å². The Hall–Kier alpha value is -4.97. The van der Waals surface area contributed by atoms with Crippen molar-refractivity contribution in [3.63, 3.8) is 0 Å². The summed E-state index contributed by atoms with van der Waals surface area (Å²) >= 11 is 13.9. The Morgan fingerprint density at radius 1 is 0.957 bits per heavy atom. The van der Waals surface area contributed by atoms with Gasteiger partial charge in [0.1, 0.15) is 5.82 Å². The first-order valence-electron chi connectivity index (χ1n) is 13.8. The lowest BCUT2D eigenvalue weighted by atomic mass is 10.1. The smallest absolute Gasteiger partial charge is 0.271 e. The molecule has 0 saturated carbocycles. The molecule has 0 bridgehead atoms. The lowest BCUT2D eigenvalue weighted by Gasteiger charge is -2.14. The van der Waals surface area contributed by atoms with Crippen LogP contribution in [0.4, 0.5) is 20.9 Å². The number of aromatic nitrogens is 1.